The number of hydrogen-bond acceptors (Lipinski definition) is 19. The van der Waals surface area contributed by atoms with Crippen LogP contribution < -0.4 is 9.80 Å². The first-order chi connectivity index (χ1) is 24.6. The summed E-state index contributed by atoms with van der Waals surface area (Å²) in [7, 11) is 0. The average molecular weight is 913 g/mol. The molecule has 27 nitrogen and oxygen atoms in total. The van der Waals surface area contributed by atoms with Crippen molar-refractivity contribution in [2.75, 3.05) is 79.0 Å². The van der Waals surface area contributed by atoms with Crippen LogP contribution in [0.4, 0.5) is 0 Å². The number of nitrogens with zero attached hydrogens (tertiary/aromatic N) is 5. The Morgan fingerprint density at radius 2 is 0.593 bits per heavy atom. The average Bonchev–Trinajstić information content (AvgIpc) is 3.02. The molecule has 5 N–H and O–H groups in total. The third-order valence-electron chi connectivity index (χ3n) is 5.74. The number of hydrogen-bond donors (Lipinski definition) is 2. The van der Waals surface area contributed by atoms with Crippen molar-refractivity contribution < 1.29 is 95.3 Å². The molecule has 0 amide bonds. The van der Waals surface area contributed by atoms with Crippen molar-refractivity contribution in [3.8, 4) is 0 Å². The summed E-state index contributed by atoms with van der Waals surface area (Å²) in [6, 6.07) is 21.3. The predicted octanol–water partition coefficient (Wildman–Crippen LogP) is -1.88. The van der Waals surface area contributed by atoms with Gasteiger partial charge in [0.1, 0.15) is 39.3 Å². The van der Waals surface area contributed by atoms with Crippen LogP contribution >= 0.6 is 0 Å². The van der Waals surface area contributed by atoms with Gasteiger partial charge < -0.3 is 111 Å². The van der Waals surface area contributed by atoms with Crippen LogP contribution in [0, 0.1) is 112 Å². The minimum absolute atomic E-state index is 0. The van der Waals surface area contributed by atoms with Crippen molar-refractivity contribution in [3.63, 3.8) is 0 Å². The summed E-state index contributed by atoms with van der Waals surface area (Å²) < 4.78 is 23.4. The van der Waals surface area contributed by atoms with Gasteiger partial charge >= 0.3 is 35.6 Å². The zero-order chi connectivity index (χ0) is 40.0. The van der Waals surface area contributed by atoms with Gasteiger partial charge in [0.25, 0.3) is 0 Å². The van der Waals surface area contributed by atoms with Gasteiger partial charge in [-0.15, -0.1) is 0 Å². The molecule has 3 rings (SSSR count). The van der Waals surface area contributed by atoms with Gasteiger partial charge in [-0.2, -0.15) is 0 Å². The number of rotatable bonds is 4. The molecule has 0 saturated carbocycles. The maximum absolute atomic E-state index is 8.25. The molecule has 1 aliphatic rings. The molecule has 1 aliphatic heterocycles. The summed E-state index contributed by atoms with van der Waals surface area (Å²) in [6.45, 7) is 11.3. The minimum Gasteiger partial charge on any atom is -0.457 e. The van der Waals surface area contributed by atoms with E-state index >= 15 is 0 Å². The summed E-state index contributed by atoms with van der Waals surface area (Å²) in [5, 5.41) is 73.8. The Labute approximate surface area is 334 Å². The molecule has 2 aromatic carbocycles. The fourth-order valence-corrected chi connectivity index (χ4v) is 3.88. The molecular weight excluding hydrogens is 869 g/mol. The predicted molar refractivity (Wildman–Crippen MR) is 182 cm³/mol. The monoisotopic (exact) mass is 912 g/mol. The van der Waals surface area contributed by atoms with Gasteiger partial charge in [0, 0.05) is 11.1 Å². The molecule has 1 fully saturated rings. The summed E-state index contributed by atoms with van der Waals surface area (Å²) in [4.78, 5) is 44.2. The zero-order valence-electron chi connectivity index (χ0n) is 28.8. The molecule has 0 radical (unpaired) electrons. The Bertz CT molecular complexity index is 1030. The maximum atomic E-state index is 8.25. The van der Waals surface area contributed by atoms with Gasteiger partial charge in [0.15, 0.2) is 0 Å². The second-order valence-electron chi connectivity index (χ2n) is 9.39. The summed E-state index contributed by atoms with van der Waals surface area (Å²) in [6.07, 6.45) is 0. The van der Waals surface area contributed by atoms with E-state index in [2.05, 4.69) is 60.7 Å². The van der Waals surface area contributed by atoms with Crippen LogP contribution in [0.15, 0.2) is 60.7 Å². The van der Waals surface area contributed by atoms with Gasteiger partial charge in [0.05, 0.1) is 78.3 Å². The van der Waals surface area contributed by atoms with Crippen molar-refractivity contribution in [2.45, 2.75) is 13.1 Å². The Morgan fingerprint density at radius 1 is 0.407 bits per heavy atom. The van der Waals surface area contributed by atoms with E-state index in [1.54, 1.807) is 0 Å². The van der Waals surface area contributed by atoms with Crippen molar-refractivity contribution in [1.29, 1.82) is 0 Å². The molecule has 54 heavy (non-hydrogen) atoms. The standard InChI is InChI=1S/C26H38N2O4.La.5NO3.H2O/c1-3-7-25(8-4-1)23-27-11-15-29-19-21-31-17-13-28(24-26-9-5-2-6-10-26)14-18-32-22-20-30-16-12-27;;5*2-1(3)4;/h1-10H,11-24H2;;;;;;;1H2/q;+3;5*-1;/p+3. The molecule has 28 heteroatoms. The Balaban J connectivity index is -0.000000301. The Hall–Kier alpha value is -4.65. The van der Waals surface area contributed by atoms with Gasteiger partial charge in [0.2, 0.25) is 0 Å². The van der Waals surface area contributed by atoms with Gasteiger partial charge in [-0.3, -0.25) is 0 Å². The zero-order valence-corrected chi connectivity index (χ0v) is 32.4. The smallest absolute Gasteiger partial charge is 0.457 e. The van der Waals surface area contributed by atoms with Crippen LogP contribution in [0.5, 0.6) is 0 Å². The molecule has 0 aromatic heterocycles. The molecule has 0 unspecified atom stereocenters. The van der Waals surface area contributed by atoms with Crippen LogP contribution in [0.25, 0.3) is 0 Å². The minimum atomic E-state index is -1.75. The van der Waals surface area contributed by atoms with E-state index in [-0.39, 0.29) is 41.1 Å². The van der Waals surface area contributed by atoms with Crippen molar-refractivity contribution >= 4 is 0 Å². The fourth-order valence-electron chi connectivity index (χ4n) is 3.88. The van der Waals surface area contributed by atoms with E-state index in [4.69, 9.17) is 95.6 Å². The Kier molecular flexibility index (Phi) is 46.5. The molecule has 304 valence electrons. The second kappa shape index (κ2) is 42.8. The van der Waals surface area contributed by atoms with Crippen LogP contribution in [-0.2, 0) is 37.5 Å². The van der Waals surface area contributed by atoms with Gasteiger partial charge in [-0.25, -0.2) is 0 Å². The quantitative estimate of drug-likeness (QED) is 0.192. The normalized spacial score (nSPS) is 15.9. The third-order valence-corrected chi connectivity index (χ3v) is 5.74. The summed E-state index contributed by atoms with van der Waals surface area (Å²) in [5.74, 6) is 0. The fraction of sp³-hybridized carbons (Fsp3) is 0.538. The summed E-state index contributed by atoms with van der Waals surface area (Å²) in [5.41, 5.74) is 2.69. The molecule has 2 aromatic rings. The Morgan fingerprint density at radius 3 is 0.778 bits per heavy atom. The van der Waals surface area contributed by atoms with E-state index in [0.717, 1.165) is 65.7 Å². The van der Waals surface area contributed by atoms with Crippen LogP contribution in [0.2, 0.25) is 0 Å². The van der Waals surface area contributed by atoms with Crippen molar-refractivity contribution in [3.05, 3.63) is 148 Å². The van der Waals surface area contributed by atoms with E-state index in [9.17, 15) is 0 Å². The molecule has 1 heterocycles. The molecule has 1 saturated heterocycles. The first kappa shape index (κ1) is 58.7. The van der Waals surface area contributed by atoms with Crippen LogP contribution in [0.1, 0.15) is 11.1 Å². The van der Waals surface area contributed by atoms with E-state index in [1.165, 1.54) is 20.9 Å². The largest absolute Gasteiger partial charge is 3.00 e. The molecule has 0 bridgehead atoms. The van der Waals surface area contributed by atoms with Crippen LogP contribution in [0.3, 0.4) is 0 Å². The molecule has 0 atom stereocenters. The first-order valence-corrected chi connectivity index (χ1v) is 14.7. The number of benzene rings is 2. The topological polar surface area (TPSA) is 410 Å². The number of quaternary nitrogens is 2. The first-order valence-electron chi connectivity index (χ1n) is 14.7. The second-order valence-corrected chi connectivity index (χ2v) is 9.39. The van der Waals surface area contributed by atoms with E-state index in [1.807, 2.05) is 0 Å². The van der Waals surface area contributed by atoms with Gasteiger partial charge in [-0.05, 0) is 0 Å². The number of nitrogens with one attached hydrogen (secondary N) is 2. The van der Waals surface area contributed by atoms with Gasteiger partial charge in [-0.1, -0.05) is 60.7 Å². The molecule has 0 aliphatic carbocycles. The van der Waals surface area contributed by atoms with E-state index < -0.39 is 25.4 Å². The molecule has 0 spiro atoms. The van der Waals surface area contributed by atoms with E-state index in [0.29, 0.717) is 26.4 Å². The van der Waals surface area contributed by atoms with Crippen LogP contribution in [-0.4, -0.2) is 104 Å². The summed E-state index contributed by atoms with van der Waals surface area (Å²) >= 11 is 0. The third kappa shape index (κ3) is 59.5. The maximum Gasteiger partial charge on any atom is 3.00 e. The molecular formula is C26H43LaN7O20+. The van der Waals surface area contributed by atoms with Crippen molar-refractivity contribution in [2.24, 2.45) is 0 Å². The SMILES string of the molecule is O=[N+]([O-])[O-].O=[N+]([O-])[O-].O=[N+]([O-])[O-].O=[N+]([O-])[O-].O=[N+]([O-])[O-].[La+3].[OH3+].c1ccc(C[NH+]2CCOCCOCC[NH+](Cc3ccccc3)CCOCCOCC2)cc1. The number of ether oxygens (including phenoxy) is 4. The van der Waals surface area contributed by atoms with Crippen molar-refractivity contribution in [1.82, 2.24) is 0 Å².